The monoisotopic (exact) mass is 469 g/mol. The minimum absolute atomic E-state index is 0.0287. The summed E-state index contributed by atoms with van der Waals surface area (Å²) in [5.74, 6) is -0.907. The number of esters is 1. The van der Waals surface area contributed by atoms with E-state index in [1.807, 2.05) is 0 Å². The van der Waals surface area contributed by atoms with Crippen LogP contribution in [-0.4, -0.2) is 69.1 Å². The van der Waals surface area contributed by atoms with Gasteiger partial charge in [0.1, 0.15) is 10.7 Å². The second-order valence-corrected chi connectivity index (χ2v) is 7.58. The molecule has 1 aromatic carbocycles. The number of ether oxygens (including phenoxy) is 4. The van der Waals surface area contributed by atoms with Crippen molar-refractivity contribution in [2.45, 2.75) is 18.7 Å². The molecular weight excluding hydrogens is 446 g/mol. The molecule has 0 fully saturated rings. The molecule has 174 valence electrons. The number of hydrogen-bond donors (Lipinski definition) is 2. The number of carbonyl (C=O) groups excluding carboxylic acids is 2. The largest absolute Gasteiger partial charge is 0.464 e. The zero-order chi connectivity index (χ0) is 23.6. The van der Waals surface area contributed by atoms with Crippen molar-refractivity contribution >= 4 is 28.0 Å². The second kappa shape index (κ2) is 11.9. The van der Waals surface area contributed by atoms with E-state index in [2.05, 4.69) is 20.3 Å². The molecule has 32 heavy (non-hydrogen) atoms. The third-order valence-electron chi connectivity index (χ3n) is 3.55. The van der Waals surface area contributed by atoms with Crippen LogP contribution in [-0.2, 0) is 24.2 Å². The quantitative estimate of drug-likeness (QED) is 0.272. The van der Waals surface area contributed by atoms with Crippen LogP contribution in [0.15, 0.2) is 29.2 Å². The lowest BCUT2D eigenvalue weighted by molar-refractivity contribution is -0.0438. The third-order valence-corrected chi connectivity index (χ3v) is 4.94. The third kappa shape index (κ3) is 7.40. The molecule has 0 radical (unpaired) electrons. The Morgan fingerprint density at radius 3 is 2.56 bits per heavy atom. The second-order valence-electron chi connectivity index (χ2n) is 5.93. The van der Waals surface area contributed by atoms with Crippen LogP contribution in [0.5, 0.6) is 6.01 Å². The van der Waals surface area contributed by atoms with Gasteiger partial charge in [0.05, 0.1) is 25.4 Å². The number of rotatable bonds is 11. The van der Waals surface area contributed by atoms with Crippen molar-refractivity contribution in [1.82, 2.24) is 19.7 Å². The maximum atomic E-state index is 12.7. The summed E-state index contributed by atoms with van der Waals surface area (Å²) in [6, 6.07) is 4.06. The molecular formula is C18H23N5O8S. The molecule has 13 nitrogen and oxygen atoms in total. The maximum Gasteiger partial charge on any atom is 0.341 e. The van der Waals surface area contributed by atoms with Gasteiger partial charge in [-0.1, -0.05) is 12.1 Å². The van der Waals surface area contributed by atoms with E-state index >= 15 is 0 Å². The summed E-state index contributed by atoms with van der Waals surface area (Å²) in [6.07, 6.45) is 0. The van der Waals surface area contributed by atoms with Gasteiger partial charge in [0.2, 0.25) is 5.95 Å². The van der Waals surface area contributed by atoms with E-state index in [-0.39, 0.29) is 36.6 Å². The van der Waals surface area contributed by atoms with Gasteiger partial charge in [-0.3, -0.25) is 5.32 Å². The van der Waals surface area contributed by atoms with Crippen molar-refractivity contribution in [2.24, 2.45) is 0 Å². The normalized spacial score (nSPS) is 11.0. The Morgan fingerprint density at radius 1 is 1.09 bits per heavy atom. The molecule has 2 N–H and O–H groups in total. The highest BCUT2D eigenvalue weighted by atomic mass is 32.2. The number of sulfonamides is 1. The van der Waals surface area contributed by atoms with Crippen molar-refractivity contribution in [3.63, 3.8) is 0 Å². The zero-order valence-electron chi connectivity index (χ0n) is 17.7. The number of anilines is 1. The van der Waals surface area contributed by atoms with Crippen LogP contribution in [0.1, 0.15) is 23.1 Å². The van der Waals surface area contributed by atoms with E-state index < -0.39 is 33.7 Å². The Balaban J connectivity index is 2.10. The van der Waals surface area contributed by atoms with E-state index in [9.17, 15) is 18.0 Å². The summed E-state index contributed by atoms with van der Waals surface area (Å²) in [5, 5.41) is 2.19. The van der Waals surface area contributed by atoms with E-state index in [4.69, 9.17) is 18.9 Å². The van der Waals surface area contributed by atoms with Crippen molar-refractivity contribution < 1.29 is 37.0 Å². The topological polar surface area (TPSA) is 168 Å². The molecule has 0 unspecified atom stereocenters. The predicted molar refractivity (Wildman–Crippen MR) is 110 cm³/mol. The van der Waals surface area contributed by atoms with Crippen LogP contribution in [0.4, 0.5) is 10.7 Å². The standard InChI is InChI=1S/C18H23N5O8S/c1-4-30-18-20-12(2)19-16(22-18)21-17(25)23-32(26,27)14-8-6-5-7-13(14)15(24)31-11-29-10-9-28-3/h5-8H,4,9-11H2,1-3H3,(H2,19,20,21,22,23,25). The first-order valence-electron chi connectivity index (χ1n) is 9.29. The van der Waals surface area contributed by atoms with E-state index in [1.54, 1.807) is 18.6 Å². The zero-order valence-corrected chi connectivity index (χ0v) is 18.5. The number of aromatic nitrogens is 3. The number of urea groups is 1. The molecule has 2 amide bonds. The van der Waals surface area contributed by atoms with Gasteiger partial charge >= 0.3 is 18.0 Å². The van der Waals surface area contributed by atoms with E-state index in [1.165, 1.54) is 25.3 Å². The average Bonchev–Trinajstić information content (AvgIpc) is 2.72. The van der Waals surface area contributed by atoms with Gasteiger partial charge in [-0.25, -0.2) is 22.7 Å². The van der Waals surface area contributed by atoms with Gasteiger partial charge < -0.3 is 18.9 Å². The first-order chi connectivity index (χ1) is 15.3. The van der Waals surface area contributed by atoms with Crippen LogP contribution in [0.2, 0.25) is 0 Å². The summed E-state index contributed by atoms with van der Waals surface area (Å²) in [5.41, 5.74) is -0.280. The average molecular weight is 469 g/mol. The number of hydrogen-bond acceptors (Lipinski definition) is 11. The number of methoxy groups -OCH3 is 1. The minimum Gasteiger partial charge on any atom is -0.464 e. The van der Waals surface area contributed by atoms with Gasteiger partial charge in [0.15, 0.2) is 6.79 Å². The molecule has 0 saturated heterocycles. The van der Waals surface area contributed by atoms with Crippen LogP contribution >= 0.6 is 0 Å². The first-order valence-corrected chi connectivity index (χ1v) is 10.8. The lowest BCUT2D eigenvalue weighted by Crippen LogP contribution is -2.35. The SMILES string of the molecule is CCOc1nc(C)nc(NC(=O)NS(=O)(=O)c2ccccc2C(=O)OCOCCOC)n1. The highest BCUT2D eigenvalue weighted by Crippen LogP contribution is 2.17. The minimum atomic E-state index is -4.45. The van der Waals surface area contributed by atoms with Crippen LogP contribution in [0, 0.1) is 6.92 Å². The van der Waals surface area contributed by atoms with E-state index in [0.29, 0.717) is 6.61 Å². The van der Waals surface area contributed by atoms with Gasteiger partial charge in [0, 0.05) is 7.11 Å². The number of amides is 2. The lowest BCUT2D eigenvalue weighted by atomic mass is 10.2. The summed E-state index contributed by atoms with van der Waals surface area (Å²) >= 11 is 0. The Kier molecular flexibility index (Phi) is 9.24. The molecule has 2 aromatic rings. The Hall–Kier alpha value is -3.36. The summed E-state index contributed by atoms with van der Waals surface area (Å²) in [4.78, 5) is 35.8. The molecule has 14 heteroatoms. The molecule has 2 rings (SSSR count). The fourth-order valence-corrected chi connectivity index (χ4v) is 3.36. The smallest absolute Gasteiger partial charge is 0.341 e. The highest BCUT2D eigenvalue weighted by Gasteiger charge is 2.25. The predicted octanol–water partition coefficient (Wildman–Crippen LogP) is 0.866. The van der Waals surface area contributed by atoms with Gasteiger partial charge in [0.25, 0.3) is 10.0 Å². The van der Waals surface area contributed by atoms with Crippen LogP contribution in [0.3, 0.4) is 0 Å². The van der Waals surface area contributed by atoms with Crippen molar-refractivity contribution in [1.29, 1.82) is 0 Å². The summed E-state index contributed by atoms with van der Waals surface area (Å²) < 4.78 is 47.1. The molecule has 0 spiro atoms. The van der Waals surface area contributed by atoms with Crippen molar-refractivity contribution in [2.75, 3.05) is 39.0 Å². The lowest BCUT2D eigenvalue weighted by Gasteiger charge is -2.12. The number of carbonyl (C=O) groups is 2. The highest BCUT2D eigenvalue weighted by molar-refractivity contribution is 7.90. The summed E-state index contributed by atoms with van der Waals surface area (Å²) in [7, 11) is -2.97. The van der Waals surface area contributed by atoms with Crippen molar-refractivity contribution in [3.8, 4) is 6.01 Å². The van der Waals surface area contributed by atoms with Gasteiger partial charge in [-0.05, 0) is 26.0 Å². The number of benzene rings is 1. The molecule has 0 saturated carbocycles. The number of aryl methyl sites for hydroxylation is 1. The van der Waals surface area contributed by atoms with E-state index in [0.717, 1.165) is 6.07 Å². The Labute approximate surface area is 184 Å². The molecule has 0 bridgehead atoms. The molecule has 1 aromatic heterocycles. The molecule has 1 heterocycles. The van der Waals surface area contributed by atoms with Gasteiger partial charge in [-0.15, -0.1) is 0 Å². The Bertz CT molecular complexity index is 1050. The van der Waals surface area contributed by atoms with Crippen LogP contribution in [0.25, 0.3) is 0 Å². The molecule has 0 aliphatic rings. The molecule has 0 aliphatic carbocycles. The maximum absolute atomic E-state index is 12.7. The number of nitrogens with one attached hydrogen (secondary N) is 2. The molecule has 0 atom stereocenters. The van der Waals surface area contributed by atoms with Gasteiger partial charge in [-0.2, -0.15) is 15.0 Å². The number of nitrogens with zero attached hydrogens (tertiary/aromatic N) is 3. The summed E-state index contributed by atoms with van der Waals surface area (Å²) in [6.45, 7) is 3.64. The fraction of sp³-hybridized carbons (Fsp3) is 0.389. The molecule has 0 aliphatic heterocycles. The van der Waals surface area contributed by atoms with Crippen LogP contribution < -0.4 is 14.8 Å². The Morgan fingerprint density at radius 2 is 1.84 bits per heavy atom. The van der Waals surface area contributed by atoms with Crippen molar-refractivity contribution in [3.05, 3.63) is 35.7 Å². The fourth-order valence-electron chi connectivity index (χ4n) is 2.25. The first kappa shape index (κ1) is 24.9.